The van der Waals surface area contributed by atoms with Gasteiger partial charge in [0.05, 0.1) is 18.0 Å². The molecule has 2 amide bonds. The van der Waals surface area contributed by atoms with Crippen LogP contribution in [0.25, 0.3) is 10.9 Å². The van der Waals surface area contributed by atoms with E-state index in [1.165, 1.54) is 26.3 Å². The standard InChI is InChI=1S/C22H19F2N3O4/c1-11(28)25-12-4-3-5-13(8-12)26-22(30)16-10-27(14-6-7-14)19-15(20(16)29)9-17(23)18(24)21(19)31-2/h3-5,8-10,14H,6-7H2,1-2H3,(H,25,28)(H,26,30). The molecule has 1 saturated carbocycles. The number of carbonyl (C=O) groups excluding carboxylic acids is 2. The van der Waals surface area contributed by atoms with Gasteiger partial charge in [-0.2, -0.15) is 4.39 Å². The van der Waals surface area contributed by atoms with Crippen molar-refractivity contribution in [2.45, 2.75) is 25.8 Å². The molecule has 0 atom stereocenters. The number of benzene rings is 2. The number of aromatic nitrogens is 1. The summed E-state index contributed by atoms with van der Waals surface area (Å²) >= 11 is 0. The summed E-state index contributed by atoms with van der Waals surface area (Å²) in [5, 5.41) is 5.08. The van der Waals surface area contributed by atoms with Crippen molar-refractivity contribution in [2.75, 3.05) is 17.7 Å². The molecule has 7 nitrogen and oxygen atoms in total. The number of halogens is 2. The number of fused-ring (bicyclic) bond motifs is 1. The molecule has 1 aromatic heterocycles. The second kappa shape index (κ2) is 7.82. The largest absolute Gasteiger partial charge is 0.491 e. The number of hydrogen-bond donors (Lipinski definition) is 2. The van der Waals surface area contributed by atoms with E-state index in [0.29, 0.717) is 11.4 Å². The monoisotopic (exact) mass is 427 g/mol. The van der Waals surface area contributed by atoms with Crippen LogP contribution in [0.15, 0.2) is 41.3 Å². The number of ether oxygens (including phenoxy) is 1. The van der Waals surface area contributed by atoms with Gasteiger partial charge >= 0.3 is 0 Å². The Labute approximate surface area is 175 Å². The molecule has 0 spiro atoms. The van der Waals surface area contributed by atoms with Crippen molar-refractivity contribution in [2.24, 2.45) is 0 Å². The minimum atomic E-state index is -1.23. The molecular weight excluding hydrogens is 408 g/mol. The zero-order valence-corrected chi connectivity index (χ0v) is 16.8. The summed E-state index contributed by atoms with van der Waals surface area (Å²) in [5.41, 5.74) is 0.00758. The fourth-order valence-corrected chi connectivity index (χ4v) is 3.50. The number of hydrogen-bond acceptors (Lipinski definition) is 4. The molecule has 160 valence electrons. The first-order valence-electron chi connectivity index (χ1n) is 9.60. The van der Waals surface area contributed by atoms with Gasteiger partial charge in [-0.3, -0.25) is 14.4 Å². The molecule has 2 N–H and O–H groups in total. The highest BCUT2D eigenvalue weighted by Crippen LogP contribution is 2.40. The summed E-state index contributed by atoms with van der Waals surface area (Å²) in [5.74, 6) is -3.76. The summed E-state index contributed by atoms with van der Waals surface area (Å²) in [6.45, 7) is 1.36. The lowest BCUT2D eigenvalue weighted by Crippen LogP contribution is -2.24. The lowest BCUT2D eigenvalue weighted by Gasteiger charge is -2.16. The van der Waals surface area contributed by atoms with Gasteiger partial charge in [0.2, 0.25) is 17.2 Å². The van der Waals surface area contributed by atoms with Gasteiger partial charge in [0, 0.05) is 30.5 Å². The van der Waals surface area contributed by atoms with Gasteiger partial charge < -0.3 is 19.9 Å². The fraction of sp³-hybridized carbons (Fsp3) is 0.227. The number of nitrogens with one attached hydrogen (secondary N) is 2. The van der Waals surface area contributed by atoms with E-state index in [4.69, 9.17) is 4.74 Å². The zero-order chi connectivity index (χ0) is 22.3. The first-order chi connectivity index (χ1) is 14.8. The van der Waals surface area contributed by atoms with Crippen LogP contribution < -0.4 is 20.8 Å². The maximum absolute atomic E-state index is 14.3. The van der Waals surface area contributed by atoms with Crippen LogP contribution in [-0.4, -0.2) is 23.5 Å². The lowest BCUT2D eigenvalue weighted by atomic mass is 10.1. The normalized spacial score (nSPS) is 13.2. The van der Waals surface area contributed by atoms with Crippen molar-refractivity contribution < 1.29 is 23.1 Å². The van der Waals surface area contributed by atoms with Crippen molar-refractivity contribution in [1.82, 2.24) is 4.57 Å². The van der Waals surface area contributed by atoms with E-state index < -0.39 is 23.0 Å². The maximum Gasteiger partial charge on any atom is 0.261 e. The maximum atomic E-state index is 14.3. The highest BCUT2D eigenvalue weighted by molar-refractivity contribution is 6.06. The van der Waals surface area contributed by atoms with Crippen LogP contribution in [0.1, 0.15) is 36.2 Å². The summed E-state index contributed by atoms with van der Waals surface area (Å²) in [6.07, 6.45) is 2.91. The smallest absolute Gasteiger partial charge is 0.261 e. The van der Waals surface area contributed by atoms with Gasteiger partial charge in [0.1, 0.15) is 5.56 Å². The SMILES string of the molecule is COc1c(F)c(F)cc2c(=O)c(C(=O)Nc3cccc(NC(C)=O)c3)cn(C3CC3)c12. The second-order valence-corrected chi connectivity index (χ2v) is 7.33. The summed E-state index contributed by atoms with van der Waals surface area (Å²) < 4.78 is 35.0. The molecular formula is C22H19F2N3O4. The van der Waals surface area contributed by atoms with Gasteiger partial charge in [0.25, 0.3) is 5.91 Å². The van der Waals surface area contributed by atoms with Gasteiger partial charge in [0.15, 0.2) is 11.6 Å². The molecule has 0 aliphatic heterocycles. The van der Waals surface area contributed by atoms with E-state index in [0.717, 1.165) is 18.9 Å². The van der Waals surface area contributed by atoms with E-state index in [-0.39, 0.29) is 34.2 Å². The lowest BCUT2D eigenvalue weighted by molar-refractivity contribution is -0.114. The quantitative estimate of drug-likeness (QED) is 0.648. The third kappa shape index (κ3) is 3.86. The molecule has 0 radical (unpaired) electrons. The topological polar surface area (TPSA) is 89.4 Å². The third-order valence-corrected chi connectivity index (χ3v) is 5.00. The summed E-state index contributed by atoms with van der Waals surface area (Å²) in [6, 6.07) is 7.17. The Balaban J connectivity index is 1.80. The average molecular weight is 427 g/mol. The Kier molecular flexibility index (Phi) is 5.18. The molecule has 1 fully saturated rings. The van der Waals surface area contributed by atoms with Crippen LogP contribution >= 0.6 is 0 Å². The van der Waals surface area contributed by atoms with E-state index in [9.17, 15) is 23.2 Å². The molecule has 2 aromatic carbocycles. The molecule has 0 unspecified atom stereocenters. The fourth-order valence-electron chi connectivity index (χ4n) is 3.50. The van der Waals surface area contributed by atoms with Crippen LogP contribution in [0.5, 0.6) is 5.75 Å². The van der Waals surface area contributed by atoms with E-state index >= 15 is 0 Å². The van der Waals surface area contributed by atoms with Crippen molar-refractivity contribution in [3.8, 4) is 5.75 Å². The van der Waals surface area contributed by atoms with Gasteiger partial charge in [-0.15, -0.1) is 0 Å². The number of pyridine rings is 1. The van der Waals surface area contributed by atoms with E-state index in [2.05, 4.69) is 10.6 Å². The van der Waals surface area contributed by atoms with Crippen molar-refractivity contribution in [1.29, 1.82) is 0 Å². The first kappa shape index (κ1) is 20.5. The number of carbonyl (C=O) groups is 2. The van der Waals surface area contributed by atoms with Gasteiger partial charge in [-0.05, 0) is 37.1 Å². The predicted molar refractivity (Wildman–Crippen MR) is 112 cm³/mol. The van der Waals surface area contributed by atoms with Gasteiger partial charge in [-0.25, -0.2) is 4.39 Å². The van der Waals surface area contributed by atoms with Crippen LogP contribution in [0, 0.1) is 11.6 Å². The van der Waals surface area contributed by atoms with Gasteiger partial charge in [-0.1, -0.05) is 6.07 Å². The number of amides is 2. The number of methoxy groups -OCH3 is 1. The first-order valence-corrected chi connectivity index (χ1v) is 9.60. The number of nitrogens with zero attached hydrogens (tertiary/aromatic N) is 1. The molecule has 1 aliphatic rings. The molecule has 1 aliphatic carbocycles. The van der Waals surface area contributed by atoms with E-state index in [1.807, 2.05) is 0 Å². The predicted octanol–water partition coefficient (Wildman–Crippen LogP) is 3.83. The van der Waals surface area contributed by atoms with Crippen LogP contribution in [-0.2, 0) is 4.79 Å². The van der Waals surface area contributed by atoms with Crippen LogP contribution in [0.2, 0.25) is 0 Å². The molecule has 4 rings (SSSR count). The Morgan fingerprint density at radius 1 is 1.13 bits per heavy atom. The van der Waals surface area contributed by atoms with Crippen LogP contribution in [0.3, 0.4) is 0 Å². The van der Waals surface area contributed by atoms with Crippen LogP contribution in [0.4, 0.5) is 20.2 Å². The zero-order valence-electron chi connectivity index (χ0n) is 16.8. The summed E-state index contributed by atoms with van der Waals surface area (Å²) in [4.78, 5) is 37.2. The Morgan fingerprint density at radius 3 is 2.42 bits per heavy atom. The molecule has 1 heterocycles. The third-order valence-electron chi connectivity index (χ3n) is 5.00. The molecule has 3 aromatic rings. The van der Waals surface area contributed by atoms with Crippen molar-refractivity contribution >= 4 is 34.1 Å². The molecule has 31 heavy (non-hydrogen) atoms. The molecule has 9 heteroatoms. The van der Waals surface area contributed by atoms with E-state index in [1.54, 1.807) is 22.8 Å². The second-order valence-electron chi connectivity index (χ2n) is 7.33. The minimum Gasteiger partial charge on any atom is -0.491 e. The highest BCUT2D eigenvalue weighted by Gasteiger charge is 2.30. The highest BCUT2D eigenvalue weighted by atomic mass is 19.2. The minimum absolute atomic E-state index is 0.0449. The number of rotatable bonds is 5. The molecule has 0 saturated heterocycles. The Bertz CT molecular complexity index is 1280. The van der Waals surface area contributed by atoms with Crippen molar-refractivity contribution in [3.05, 3.63) is 63.9 Å². The Morgan fingerprint density at radius 2 is 1.81 bits per heavy atom. The van der Waals surface area contributed by atoms with Crippen molar-refractivity contribution in [3.63, 3.8) is 0 Å². The number of anilines is 2. The summed E-state index contributed by atoms with van der Waals surface area (Å²) in [7, 11) is 1.20. The molecule has 0 bridgehead atoms. The Hall–Kier alpha value is -3.75. The average Bonchev–Trinajstić information content (AvgIpc) is 3.55.